The second-order valence-electron chi connectivity index (χ2n) is 11.1. The molecule has 4 aromatic rings. The molecule has 3 heterocycles. The molecule has 0 bridgehead atoms. The van der Waals surface area contributed by atoms with E-state index in [1.54, 1.807) is 36.1 Å². The monoisotopic (exact) mass is 590 g/mol. The van der Waals surface area contributed by atoms with Crippen molar-refractivity contribution in [3.05, 3.63) is 88.3 Å². The molecule has 0 N–H and O–H groups in total. The number of hydrogen-bond donors (Lipinski definition) is 0. The molecule has 2 aromatic carbocycles. The number of carbonyl (C=O) groups excluding carboxylic acids is 2. The van der Waals surface area contributed by atoms with Gasteiger partial charge in [0, 0.05) is 37.1 Å². The molecule has 1 aliphatic heterocycles. The normalized spacial score (nSPS) is 13.8. The Labute approximate surface area is 249 Å². The number of esters is 1. The van der Waals surface area contributed by atoms with E-state index in [1.807, 2.05) is 56.0 Å². The number of rotatable bonds is 5. The second-order valence-corrected chi connectivity index (χ2v) is 11.5. The van der Waals surface area contributed by atoms with E-state index in [2.05, 4.69) is 0 Å². The van der Waals surface area contributed by atoms with E-state index in [0.29, 0.717) is 48.6 Å². The van der Waals surface area contributed by atoms with Crippen molar-refractivity contribution < 1.29 is 23.5 Å². The van der Waals surface area contributed by atoms with Crippen molar-refractivity contribution in [1.29, 1.82) is 0 Å². The molecule has 0 aliphatic carbocycles. The van der Waals surface area contributed by atoms with Gasteiger partial charge in [-0.15, -0.1) is 0 Å². The third kappa shape index (κ3) is 6.31. The van der Waals surface area contributed by atoms with Gasteiger partial charge in [0.15, 0.2) is 0 Å². The highest BCUT2D eigenvalue weighted by atomic mass is 35.5. The Hall–Kier alpha value is -4.24. The van der Waals surface area contributed by atoms with E-state index < -0.39 is 17.4 Å². The Morgan fingerprint density at radius 1 is 0.976 bits per heavy atom. The number of carbonyl (C=O) groups is 2. The van der Waals surface area contributed by atoms with Crippen molar-refractivity contribution in [2.45, 2.75) is 39.9 Å². The highest BCUT2D eigenvalue weighted by Crippen LogP contribution is 2.37. The number of ether oxygens (including phenoxy) is 2. The SMILES string of the molecule is Cc1nc(N2CCN(C(=O)OC(C)(C)C)CC2)c2cc(Cl)c(-c3ccccc3F)nc2c1C(=O)OCc1ccccc1. The van der Waals surface area contributed by atoms with Gasteiger partial charge in [0.1, 0.15) is 29.4 Å². The molecular formula is C32H32ClFN4O4. The quantitative estimate of drug-likeness (QED) is 0.236. The van der Waals surface area contributed by atoms with Crippen molar-refractivity contribution in [1.82, 2.24) is 14.9 Å². The van der Waals surface area contributed by atoms with Crippen molar-refractivity contribution in [2.75, 3.05) is 31.1 Å². The number of nitrogens with zero attached hydrogens (tertiary/aromatic N) is 4. The van der Waals surface area contributed by atoms with Gasteiger partial charge in [-0.05, 0) is 51.5 Å². The first-order chi connectivity index (χ1) is 20.0. The zero-order valence-corrected chi connectivity index (χ0v) is 24.7. The molecule has 1 fully saturated rings. The van der Waals surface area contributed by atoms with E-state index >= 15 is 0 Å². The smallest absolute Gasteiger partial charge is 0.410 e. The summed E-state index contributed by atoms with van der Waals surface area (Å²) in [6, 6.07) is 17.2. The van der Waals surface area contributed by atoms with E-state index in [1.165, 1.54) is 6.07 Å². The van der Waals surface area contributed by atoms with Crippen LogP contribution in [0.3, 0.4) is 0 Å². The van der Waals surface area contributed by atoms with Crippen LogP contribution in [0.25, 0.3) is 22.2 Å². The van der Waals surface area contributed by atoms with E-state index in [9.17, 15) is 14.0 Å². The summed E-state index contributed by atoms with van der Waals surface area (Å²) in [4.78, 5) is 39.4. The Morgan fingerprint density at radius 2 is 1.64 bits per heavy atom. The molecule has 1 saturated heterocycles. The minimum absolute atomic E-state index is 0.0722. The van der Waals surface area contributed by atoms with Crippen molar-refractivity contribution in [2.24, 2.45) is 0 Å². The number of benzene rings is 2. The lowest BCUT2D eigenvalue weighted by atomic mass is 10.0. The topological polar surface area (TPSA) is 84.9 Å². The predicted octanol–water partition coefficient (Wildman–Crippen LogP) is 6.81. The zero-order chi connectivity index (χ0) is 30.0. The van der Waals surface area contributed by atoms with Gasteiger partial charge in [-0.2, -0.15) is 0 Å². The molecule has 2 aromatic heterocycles. The number of aryl methyl sites for hydroxylation is 1. The van der Waals surface area contributed by atoms with Gasteiger partial charge >= 0.3 is 12.1 Å². The van der Waals surface area contributed by atoms with E-state index in [4.69, 9.17) is 31.0 Å². The van der Waals surface area contributed by atoms with Crippen LogP contribution in [0, 0.1) is 12.7 Å². The first kappa shape index (κ1) is 29.3. The summed E-state index contributed by atoms with van der Waals surface area (Å²) in [6.45, 7) is 9.09. The third-order valence-corrected chi connectivity index (χ3v) is 7.15. The molecule has 1 amide bonds. The number of fused-ring (bicyclic) bond motifs is 1. The molecule has 8 nitrogen and oxygen atoms in total. The fourth-order valence-electron chi connectivity index (χ4n) is 4.85. The van der Waals surface area contributed by atoms with Crippen LogP contribution in [0.1, 0.15) is 42.4 Å². The number of piperazine rings is 1. The van der Waals surface area contributed by atoms with Crippen molar-refractivity contribution in [3.63, 3.8) is 0 Å². The number of halogens is 2. The van der Waals surface area contributed by atoms with E-state index in [-0.39, 0.29) is 34.5 Å². The predicted molar refractivity (Wildman–Crippen MR) is 160 cm³/mol. The minimum atomic E-state index is -0.593. The fourth-order valence-corrected chi connectivity index (χ4v) is 5.10. The summed E-state index contributed by atoms with van der Waals surface area (Å²) in [5.41, 5.74) is 1.59. The number of anilines is 1. The highest BCUT2D eigenvalue weighted by Gasteiger charge is 2.29. The van der Waals surface area contributed by atoms with Crippen LogP contribution in [0.4, 0.5) is 15.0 Å². The highest BCUT2D eigenvalue weighted by molar-refractivity contribution is 6.34. The lowest BCUT2D eigenvalue weighted by Gasteiger charge is -2.36. The summed E-state index contributed by atoms with van der Waals surface area (Å²) in [6.07, 6.45) is -0.369. The molecular weight excluding hydrogens is 559 g/mol. The maximum atomic E-state index is 14.8. The van der Waals surface area contributed by atoms with Crippen LogP contribution in [0.5, 0.6) is 0 Å². The summed E-state index contributed by atoms with van der Waals surface area (Å²) in [7, 11) is 0. The van der Waals surface area contributed by atoms with Crippen LogP contribution < -0.4 is 4.90 Å². The van der Waals surface area contributed by atoms with Gasteiger partial charge in [-0.3, -0.25) is 0 Å². The Balaban J connectivity index is 1.54. The fraction of sp³-hybridized carbons (Fsp3) is 0.312. The molecule has 0 atom stereocenters. The lowest BCUT2D eigenvalue weighted by Crippen LogP contribution is -2.50. The zero-order valence-electron chi connectivity index (χ0n) is 24.0. The first-order valence-corrected chi connectivity index (χ1v) is 14.1. The van der Waals surface area contributed by atoms with Crippen molar-refractivity contribution >= 4 is 40.4 Å². The number of aromatic nitrogens is 2. The molecule has 0 unspecified atom stereocenters. The summed E-state index contributed by atoms with van der Waals surface area (Å²) in [5.74, 6) is -0.506. The number of pyridine rings is 2. The van der Waals surface area contributed by atoms with Crippen LogP contribution in [-0.2, 0) is 16.1 Å². The molecule has 0 spiro atoms. The Morgan fingerprint density at radius 3 is 2.31 bits per heavy atom. The molecule has 42 heavy (non-hydrogen) atoms. The minimum Gasteiger partial charge on any atom is -0.457 e. The van der Waals surface area contributed by atoms with Gasteiger partial charge in [0.2, 0.25) is 0 Å². The van der Waals surface area contributed by atoms with Gasteiger partial charge in [0.25, 0.3) is 0 Å². The molecule has 0 saturated carbocycles. The second kappa shape index (κ2) is 11.9. The van der Waals surface area contributed by atoms with E-state index in [0.717, 1.165) is 5.56 Å². The first-order valence-electron chi connectivity index (χ1n) is 13.7. The standard InChI is InChI=1S/C32H32ClFN4O4/c1-20-26(30(39)41-19-21-10-6-5-7-11-21)28-23(18-24(33)27(36-28)22-12-8-9-13-25(22)34)29(35-20)37-14-16-38(17-15-37)31(40)42-32(2,3)4/h5-13,18H,14-17,19H2,1-4H3. The van der Waals surface area contributed by atoms with Gasteiger partial charge in [-0.1, -0.05) is 54.1 Å². The third-order valence-electron chi connectivity index (χ3n) is 6.87. The molecule has 5 rings (SSSR count). The molecule has 1 aliphatic rings. The molecule has 10 heteroatoms. The Bertz CT molecular complexity index is 1630. The van der Waals surface area contributed by atoms with Gasteiger partial charge < -0.3 is 19.3 Å². The maximum Gasteiger partial charge on any atom is 0.410 e. The number of amides is 1. The average molecular weight is 591 g/mol. The number of hydrogen-bond acceptors (Lipinski definition) is 7. The largest absolute Gasteiger partial charge is 0.457 e. The molecule has 218 valence electrons. The van der Waals surface area contributed by atoms with Gasteiger partial charge in [-0.25, -0.2) is 23.9 Å². The average Bonchev–Trinajstić information content (AvgIpc) is 2.95. The molecule has 0 radical (unpaired) electrons. The Kier molecular flexibility index (Phi) is 8.31. The summed E-state index contributed by atoms with van der Waals surface area (Å²) < 4.78 is 26.0. The lowest BCUT2D eigenvalue weighted by molar-refractivity contribution is 0.0240. The summed E-state index contributed by atoms with van der Waals surface area (Å²) >= 11 is 6.70. The van der Waals surface area contributed by atoms with Gasteiger partial charge in [0.05, 0.1) is 21.9 Å². The van der Waals surface area contributed by atoms with Crippen LogP contribution >= 0.6 is 11.6 Å². The van der Waals surface area contributed by atoms with Crippen molar-refractivity contribution in [3.8, 4) is 11.3 Å². The van der Waals surface area contributed by atoms with Crippen LogP contribution in [-0.4, -0.2) is 58.7 Å². The maximum absolute atomic E-state index is 14.8. The van der Waals surface area contributed by atoms with Crippen LogP contribution in [0.2, 0.25) is 5.02 Å². The van der Waals surface area contributed by atoms with Crippen LogP contribution in [0.15, 0.2) is 60.7 Å². The summed E-state index contributed by atoms with van der Waals surface area (Å²) in [5, 5.41) is 0.749.